The Morgan fingerprint density at radius 1 is 1.58 bits per heavy atom. The van der Waals surface area contributed by atoms with E-state index in [0.717, 1.165) is 6.26 Å². The fraction of sp³-hybridized carbons (Fsp3) is 0.500. The van der Waals surface area contributed by atoms with E-state index in [1.54, 1.807) is 23.9 Å². The minimum Gasteiger partial charge on any atom is -0.310 e. The van der Waals surface area contributed by atoms with Gasteiger partial charge in [0.25, 0.3) is 10.1 Å². The second kappa shape index (κ2) is 3.24. The van der Waals surface area contributed by atoms with Gasteiger partial charge in [0.05, 0.1) is 12.6 Å². The zero-order chi connectivity index (χ0) is 9.19. The van der Waals surface area contributed by atoms with Crippen molar-refractivity contribution < 1.29 is 12.6 Å². The fourth-order valence-electron chi connectivity index (χ4n) is 0.787. The third kappa shape index (κ3) is 2.63. The van der Waals surface area contributed by atoms with Crippen molar-refractivity contribution in [1.82, 2.24) is 9.55 Å². The molecule has 0 aliphatic rings. The average Bonchev–Trinajstić information content (AvgIpc) is 2.32. The number of nitrogens with zero attached hydrogens (tertiary/aromatic N) is 2. The van der Waals surface area contributed by atoms with Crippen LogP contribution in [0.3, 0.4) is 0 Å². The van der Waals surface area contributed by atoms with Crippen LogP contribution in [-0.2, 0) is 14.3 Å². The van der Waals surface area contributed by atoms with E-state index < -0.39 is 16.3 Å². The van der Waals surface area contributed by atoms with Crippen molar-refractivity contribution in [3.05, 3.63) is 18.7 Å². The normalized spacial score (nSPS) is 14.5. The van der Waals surface area contributed by atoms with Gasteiger partial charge in [0.1, 0.15) is 0 Å². The summed E-state index contributed by atoms with van der Waals surface area (Å²) in [5.74, 6) is 0. The highest BCUT2D eigenvalue weighted by molar-refractivity contribution is 7.85. The van der Waals surface area contributed by atoms with Gasteiger partial charge in [0, 0.05) is 12.4 Å². The quantitative estimate of drug-likeness (QED) is 0.646. The van der Waals surface area contributed by atoms with Gasteiger partial charge in [0.2, 0.25) is 0 Å². The van der Waals surface area contributed by atoms with Gasteiger partial charge in [-0.05, 0) is 6.92 Å². The van der Waals surface area contributed by atoms with Crippen molar-refractivity contribution in [3.8, 4) is 0 Å². The van der Waals surface area contributed by atoms with Gasteiger partial charge in [-0.25, -0.2) is 9.17 Å². The molecule has 0 saturated carbocycles. The van der Waals surface area contributed by atoms with E-state index in [4.69, 9.17) is 0 Å². The lowest BCUT2D eigenvalue weighted by Crippen LogP contribution is -2.12. The summed E-state index contributed by atoms with van der Waals surface area (Å²) < 4.78 is 27.6. The summed E-state index contributed by atoms with van der Waals surface area (Å²) in [7, 11) is -3.40. The molecule has 1 atom stereocenters. The first-order valence-electron chi connectivity index (χ1n) is 3.35. The van der Waals surface area contributed by atoms with Crippen LogP contribution >= 0.6 is 0 Å². The predicted octanol–water partition coefficient (Wildman–Crippen LogP) is 0.378. The van der Waals surface area contributed by atoms with Gasteiger partial charge in [-0.1, -0.05) is 0 Å². The van der Waals surface area contributed by atoms with E-state index >= 15 is 0 Å². The number of imidazole rings is 1. The molecule has 0 spiro atoms. The molecular weight excluding hydrogens is 180 g/mol. The van der Waals surface area contributed by atoms with E-state index in [0.29, 0.717) is 0 Å². The van der Waals surface area contributed by atoms with Crippen LogP contribution in [0.25, 0.3) is 0 Å². The maximum Gasteiger partial charge on any atom is 0.266 e. The Morgan fingerprint density at radius 3 is 2.67 bits per heavy atom. The Labute approximate surface area is 71.1 Å². The predicted molar refractivity (Wildman–Crippen MR) is 42.9 cm³/mol. The van der Waals surface area contributed by atoms with E-state index in [1.807, 2.05) is 0 Å². The number of aromatic nitrogens is 2. The van der Waals surface area contributed by atoms with Crippen LogP contribution in [0.2, 0.25) is 0 Å². The molecule has 0 radical (unpaired) electrons. The molecule has 0 fully saturated rings. The molecule has 0 aliphatic heterocycles. The Kier molecular flexibility index (Phi) is 2.49. The lowest BCUT2D eigenvalue weighted by molar-refractivity contribution is 0.162. The summed E-state index contributed by atoms with van der Waals surface area (Å²) in [5.41, 5.74) is 0. The molecule has 0 aromatic carbocycles. The summed E-state index contributed by atoms with van der Waals surface area (Å²) in [6.07, 6.45) is 5.16. The lowest BCUT2D eigenvalue weighted by Gasteiger charge is -2.11. The van der Waals surface area contributed by atoms with Crippen LogP contribution in [0.1, 0.15) is 13.2 Å². The smallest absolute Gasteiger partial charge is 0.266 e. The Morgan fingerprint density at radius 2 is 2.25 bits per heavy atom. The highest BCUT2D eigenvalue weighted by atomic mass is 32.2. The Bertz CT molecular complexity index is 330. The van der Waals surface area contributed by atoms with Gasteiger partial charge in [0.15, 0.2) is 6.23 Å². The summed E-state index contributed by atoms with van der Waals surface area (Å²) >= 11 is 0. The summed E-state index contributed by atoms with van der Waals surface area (Å²) in [4.78, 5) is 3.76. The fourth-order valence-corrected chi connectivity index (χ4v) is 1.39. The van der Waals surface area contributed by atoms with E-state index in [-0.39, 0.29) is 0 Å². The van der Waals surface area contributed by atoms with Crippen molar-refractivity contribution in [1.29, 1.82) is 0 Å². The van der Waals surface area contributed by atoms with Gasteiger partial charge >= 0.3 is 0 Å². The summed E-state index contributed by atoms with van der Waals surface area (Å²) in [6.45, 7) is 1.63. The third-order valence-electron chi connectivity index (χ3n) is 1.26. The summed E-state index contributed by atoms with van der Waals surface area (Å²) in [6, 6.07) is 0. The molecule has 5 nitrogen and oxygen atoms in total. The molecule has 0 saturated heterocycles. The maximum absolute atomic E-state index is 10.7. The standard InChI is InChI=1S/C6H10N2O3S/c1-6(11-12(2,9)10)8-4-3-7-5-8/h3-6H,1-2H3. The average molecular weight is 190 g/mol. The minimum absolute atomic E-state index is 0.539. The second-order valence-corrected chi connectivity index (χ2v) is 4.01. The molecule has 6 heteroatoms. The maximum atomic E-state index is 10.7. The molecule has 68 valence electrons. The van der Waals surface area contributed by atoms with Gasteiger partial charge in [-0.2, -0.15) is 8.42 Å². The summed E-state index contributed by atoms with van der Waals surface area (Å²) in [5, 5.41) is 0. The molecule has 1 aromatic rings. The molecule has 0 amide bonds. The zero-order valence-electron chi connectivity index (χ0n) is 6.84. The van der Waals surface area contributed by atoms with Crippen molar-refractivity contribution in [2.24, 2.45) is 0 Å². The largest absolute Gasteiger partial charge is 0.310 e. The monoisotopic (exact) mass is 190 g/mol. The zero-order valence-corrected chi connectivity index (χ0v) is 7.65. The molecule has 1 heterocycles. The minimum atomic E-state index is -3.40. The molecule has 1 unspecified atom stereocenters. The van der Waals surface area contributed by atoms with Crippen LogP contribution < -0.4 is 0 Å². The van der Waals surface area contributed by atoms with Crippen LogP contribution in [0.5, 0.6) is 0 Å². The highest BCUT2D eigenvalue weighted by Gasteiger charge is 2.10. The van der Waals surface area contributed by atoms with E-state index in [9.17, 15) is 8.42 Å². The first kappa shape index (κ1) is 9.21. The van der Waals surface area contributed by atoms with Gasteiger partial charge in [-0.15, -0.1) is 0 Å². The molecule has 0 aliphatic carbocycles. The second-order valence-electron chi connectivity index (χ2n) is 2.41. The van der Waals surface area contributed by atoms with Crippen LogP contribution in [0.4, 0.5) is 0 Å². The highest BCUT2D eigenvalue weighted by Crippen LogP contribution is 2.08. The first-order chi connectivity index (χ1) is 5.49. The van der Waals surface area contributed by atoms with E-state index in [1.165, 1.54) is 6.33 Å². The molecule has 0 bridgehead atoms. The van der Waals surface area contributed by atoms with Gasteiger partial charge < -0.3 is 4.57 Å². The van der Waals surface area contributed by atoms with E-state index in [2.05, 4.69) is 9.17 Å². The number of rotatable bonds is 3. The Hall–Kier alpha value is -0.880. The Balaban J connectivity index is 2.68. The molecule has 1 rings (SSSR count). The van der Waals surface area contributed by atoms with Gasteiger partial charge in [-0.3, -0.25) is 0 Å². The van der Waals surface area contributed by atoms with Crippen molar-refractivity contribution in [2.75, 3.05) is 6.26 Å². The third-order valence-corrected chi connectivity index (χ3v) is 1.89. The molecule has 12 heavy (non-hydrogen) atoms. The van der Waals surface area contributed by atoms with Crippen molar-refractivity contribution >= 4 is 10.1 Å². The lowest BCUT2D eigenvalue weighted by atomic mass is 10.6. The topological polar surface area (TPSA) is 61.2 Å². The SMILES string of the molecule is CC(OS(C)(=O)=O)n1ccnc1. The van der Waals surface area contributed by atoms with Crippen LogP contribution in [0.15, 0.2) is 18.7 Å². The van der Waals surface area contributed by atoms with Crippen molar-refractivity contribution in [2.45, 2.75) is 13.2 Å². The number of hydrogen-bond donors (Lipinski definition) is 0. The molecular formula is C6H10N2O3S. The molecule has 0 N–H and O–H groups in total. The number of hydrogen-bond acceptors (Lipinski definition) is 4. The first-order valence-corrected chi connectivity index (χ1v) is 5.16. The van der Waals surface area contributed by atoms with Crippen LogP contribution in [0, 0.1) is 0 Å². The molecule has 1 aromatic heterocycles. The van der Waals surface area contributed by atoms with Crippen molar-refractivity contribution in [3.63, 3.8) is 0 Å². The van der Waals surface area contributed by atoms with Crippen LogP contribution in [-0.4, -0.2) is 24.2 Å².